The molecule has 29 heavy (non-hydrogen) atoms. The monoisotopic (exact) mass is 390 g/mol. The number of rotatable bonds is 4. The molecule has 6 nitrogen and oxygen atoms in total. The third-order valence-corrected chi connectivity index (χ3v) is 5.46. The van der Waals surface area contributed by atoms with Crippen LogP contribution in [-0.2, 0) is 19.5 Å². The Morgan fingerprint density at radius 3 is 1.45 bits per heavy atom. The van der Waals surface area contributed by atoms with Gasteiger partial charge in [0.25, 0.3) is 11.1 Å². The van der Waals surface area contributed by atoms with Crippen molar-refractivity contribution in [1.29, 1.82) is 0 Å². The third-order valence-electron chi connectivity index (χ3n) is 5.46. The van der Waals surface area contributed by atoms with E-state index < -0.39 is 0 Å². The molecule has 4 aromatic rings. The van der Waals surface area contributed by atoms with Crippen molar-refractivity contribution in [3.63, 3.8) is 0 Å². The molecule has 2 N–H and O–H groups in total. The van der Waals surface area contributed by atoms with Crippen molar-refractivity contribution in [2.45, 2.75) is 33.4 Å². The second-order valence-corrected chi connectivity index (χ2v) is 6.96. The molecule has 6 heteroatoms. The Morgan fingerprint density at radius 1 is 0.690 bits per heavy atom. The van der Waals surface area contributed by atoms with Crippen LogP contribution in [-0.4, -0.2) is 19.3 Å². The number of para-hydroxylation sites is 2. The van der Waals surface area contributed by atoms with Gasteiger partial charge in [-0.3, -0.25) is 9.59 Å². The summed E-state index contributed by atoms with van der Waals surface area (Å²) in [7, 11) is 0. The van der Waals surface area contributed by atoms with Crippen LogP contribution in [0.3, 0.4) is 0 Å². The van der Waals surface area contributed by atoms with E-state index >= 15 is 0 Å². The minimum Gasteiger partial charge on any atom is -0.507 e. The zero-order valence-corrected chi connectivity index (χ0v) is 16.3. The summed E-state index contributed by atoms with van der Waals surface area (Å²) in [6, 6.07) is 14.2. The summed E-state index contributed by atoms with van der Waals surface area (Å²) in [6.07, 6.45) is -0.148. The molecule has 4 rings (SSSR count). The first-order chi connectivity index (χ1) is 14.0. The van der Waals surface area contributed by atoms with Crippen molar-refractivity contribution in [3.05, 3.63) is 80.4 Å². The average molecular weight is 390 g/mol. The molecular weight excluding hydrogens is 368 g/mol. The zero-order chi connectivity index (χ0) is 20.7. The molecule has 2 heterocycles. The smallest absolute Gasteiger partial charge is 0.258 e. The van der Waals surface area contributed by atoms with Crippen molar-refractivity contribution < 1.29 is 10.2 Å². The van der Waals surface area contributed by atoms with Gasteiger partial charge in [-0.1, -0.05) is 24.3 Å². The molecule has 0 amide bonds. The summed E-state index contributed by atoms with van der Waals surface area (Å²) in [4.78, 5) is 26.2. The van der Waals surface area contributed by atoms with Crippen molar-refractivity contribution in [1.82, 2.24) is 9.13 Å². The predicted molar refractivity (Wildman–Crippen MR) is 114 cm³/mol. The first-order valence-electron chi connectivity index (χ1n) is 9.66. The summed E-state index contributed by atoms with van der Waals surface area (Å²) >= 11 is 0. The number of nitrogens with zero attached hydrogens (tertiary/aromatic N) is 2. The number of hydrogen-bond donors (Lipinski definition) is 2. The molecule has 0 spiro atoms. The molecule has 0 unspecified atom stereocenters. The van der Waals surface area contributed by atoms with Crippen LogP contribution in [0.5, 0.6) is 11.5 Å². The Balaban J connectivity index is 2.03. The van der Waals surface area contributed by atoms with Gasteiger partial charge in [0.15, 0.2) is 0 Å². The standard InChI is InChI=1S/C23H22N2O4/c1-3-24-18-11-7-5-9-14(18)20(26)16(22(24)28)13-17-21(27)15-10-6-8-12-19(15)25(4-2)23(17)29/h5-12,26-27H,3-4,13H2,1-2H3. The third kappa shape index (κ3) is 2.79. The van der Waals surface area contributed by atoms with Gasteiger partial charge in [-0.15, -0.1) is 0 Å². The molecule has 2 aromatic heterocycles. The fraction of sp³-hybridized carbons (Fsp3) is 0.217. The fourth-order valence-corrected chi connectivity index (χ4v) is 4.01. The van der Waals surface area contributed by atoms with Gasteiger partial charge in [0, 0.05) is 30.3 Å². The Bertz CT molecular complexity index is 1260. The lowest BCUT2D eigenvalue weighted by Crippen LogP contribution is -2.28. The zero-order valence-electron chi connectivity index (χ0n) is 16.3. The Kier molecular flexibility index (Phi) is 4.62. The lowest BCUT2D eigenvalue weighted by Gasteiger charge is -2.16. The maximum Gasteiger partial charge on any atom is 0.258 e. The second kappa shape index (κ2) is 7.13. The van der Waals surface area contributed by atoms with Crippen molar-refractivity contribution >= 4 is 21.8 Å². The number of aromatic hydroxyl groups is 2. The Hall–Kier alpha value is -3.54. The van der Waals surface area contributed by atoms with Crippen LogP contribution in [0, 0.1) is 0 Å². The normalized spacial score (nSPS) is 11.4. The largest absolute Gasteiger partial charge is 0.507 e. The predicted octanol–water partition coefficient (Wildman–Crippen LogP) is 3.36. The Morgan fingerprint density at radius 2 is 1.07 bits per heavy atom. The molecule has 0 aliphatic rings. The van der Waals surface area contributed by atoms with E-state index in [4.69, 9.17) is 0 Å². The van der Waals surface area contributed by atoms with E-state index in [1.807, 2.05) is 26.0 Å². The van der Waals surface area contributed by atoms with Gasteiger partial charge in [0.1, 0.15) is 11.5 Å². The molecule has 0 saturated heterocycles. The first kappa shape index (κ1) is 18.8. The van der Waals surface area contributed by atoms with E-state index in [2.05, 4.69) is 0 Å². The summed E-state index contributed by atoms with van der Waals surface area (Å²) in [5.74, 6) is -0.296. The van der Waals surface area contributed by atoms with E-state index in [-0.39, 0.29) is 40.2 Å². The molecular formula is C23H22N2O4. The van der Waals surface area contributed by atoms with Crippen LogP contribution in [0.4, 0.5) is 0 Å². The van der Waals surface area contributed by atoms with E-state index in [9.17, 15) is 19.8 Å². The summed E-state index contributed by atoms with van der Waals surface area (Å²) in [6.45, 7) is 4.56. The molecule has 148 valence electrons. The highest BCUT2D eigenvalue weighted by atomic mass is 16.3. The maximum atomic E-state index is 13.1. The number of pyridine rings is 2. The fourth-order valence-electron chi connectivity index (χ4n) is 4.01. The van der Waals surface area contributed by atoms with Crippen LogP contribution < -0.4 is 11.1 Å². The van der Waals surface area contributed by atoms with Crippen molar-refractivity contribution in [2.24, 2.45) is 0 Å². The Labute approximate surface area is 166 Å². The highest BCUT2D eigenvalue weighted by Gasteiger charge is 2.21. The quantitative estimate of drug-likeness (QED) is 0.560. The van der Waals surface area contributed by atoms with Gasteiger partial charge in [-0.05, 0) is 38.1 Å². The summed E-state index contributed by atoms with van der Waals surface area (Å²) < 4.78 is 3.14. The van der Waals surface area contributed by atoms with Gasteiger partial charge in [0.05, 0.1) is 22.2 Å². The highest BCUT2D eigenvalue weighted by molar-refractivity contribution is 5.88. The maximum absolute atomic E-state index is 13.1. The average Bonchev–Trinajstić information content (AvgIpc) is 2.74. The molecule has 2 aromatic carbocycles. The number of benzene rings is 2. The lowest BCUT2D eigenvalue weighted by molar-refractivity contribution is 0.464. The van der Waals surface area contributed by atoms with Gasteiger partial charge >= 0.3 is 0 Å². The molecule has 0 bridgehead atoms. The minimum absolute atomic E-state index is 0.107. The van der Waals surface area contributed by atoms with Crippen LogP contribution in [0.15, 0.2) is 58.1 Å². The van der Waals surface area contributed by atoms with Crippen molar-refractivity contribution in [2.75, 3.05) is 0 Å². The number of fused-ring (bicyclic) bond motifs is 2. The summed E-state index contributed by atoms with van der Waals surface area (Å²) in [5, 5.41) is 22.7. The SMILES string of the molecule is CCn1c(=O)c(Cc2c(O)c3ccccc3n(CC)c2=O)c(O)c2ccccc21. The highest BCUT2D eigenvalue weighted by Crippen LogP contribution is 2.31. The van der Waals surface area contributed by atoms with E-state index in [1.165, 1.54) is 0 Å². The minimum atomic E-state index is -0.362. The van der Waals surface area contributed by atoms with Crippen LogP contribution >= 0.6 is 0 Å². The molecule has 0 aliphatic carbocycles. The summed E-state index contributed by atoms with van der Waals surface area (Å²) in [5.41, 5.74) is 0.758. The van der Waals surface area contributed by atoms with Crippen LogP contribution in [0.25, 0.3) is 21.8 Å². The second-order valence-electron chi connectivity index (χ2n) is 6.96. The van der Waals surface area contributed by atoms with Gasteiger partial charge < -0.3 is 19.3 Å². The first-order valence-corrected chi connectivity index (χ1v) is 9.66. The van der Waals surface area contributed by atoms with E-state index in [0.717, 1.165) is 0 Å². The van der Waals surface area contributed by atoms with Gasteiger partial charge in [-0.25, -0.2) is 0 Å². The van der Waals surface area contributed by atoms with Crippen LogP contribution in [0.2, 0.25) is 0 Å². The topological polar surface area (TPSA) is 84.5 Å². The molecule has 0 atom stereocenters. The lowest BCUT2D eigenvalue weighted by atomic mass is 10.0. The molecule has 0 radical (unpaired) electrons. The molecule has 0 saturated carbocycles. The van der Waals surface area contributed by atoms with Crippen LogP contribution in [0.1, 0.15) is 25.0 Å². The molecule has 0 aliphatic heterocycles. The number of aromatic nitrogens is 2. The molecule has 0 fully saturated rings. The number of hydrogen-bond acceptors (Lipinski definition) is 4. The van der Waals surface area contributed by atoms with Crippen molar-refractivity contribution in [3.8, 4) is 11.5 Å². The van der Waals surface area contributed by atoms with Gasteiger partial charge in [-0.2, -0.15) is 0 Å². The van der Waals surface area contributed by atoms with E-state index in [0.29, 0.717) is 34.9 Å². The van der Waals surface area contributed by atoms with E-state index in [1.54, 1.807) is 45.5 Å². The number of aryl methyl sites for hydroxylation is 2. The van der Waals surface area contributed by atoms with Gasteiger partial charge in [0.2, 0.25) is 0 Å².